The highest BCUT2D eigenvalue weighted by atomic mass is 19.1. The highest BCUT2D eigenvalue weighted by Gasteiger charge is 2.11. The third-order valence-corrected chi connectivity index (χ3v) is 4.03. The van der Waals surface area contributed by atoms with Crippen molar-refractivity contribution >= 4 is 11.0 Å². The van der Waals surface area contributed by atoms with Gasteiger partial charge in [0, 0.05) is 12.1 Å². The molecule has 0 saturated carbocycles. The summed E-state index contributed by atoms with van der Waals surface area (Å²) in [6, 6.07) is 14.3. The van der Waals surface area contributed by atoms with Crippen LogP contribution in [-0.2, 0) is 13.1 Å². The van der Waals surface area contributed by atoms with Crippen LogP contribution in [-0.4, -0.2) is 24.5 Å². The van der Waals surface area contributed by atoms with Crippen LogP contribution in [0.1, 0.15) is 12.7 Å². The van der Waals surface area contributed by atoms with Crippen LogP contribution in [0, 0.1) is 5.82 Å². The summed E-state index contributed by atoms with van der Waals surface area (Å²) in [5, 5.41) is 8.35. The van der Waals surface area contributed by atoms with Gasteiger partial charge in [0.25, 0.3) is 0 Å². The number of hydrogen-bond acceptors (Lipinski definition) is 3. The quantitative estimate of drug-likeness (QED) is 0.578. The number of imidazole rings is 1. The van der Waals surface area contributed by atoms with Gasteiger partial charge in [-0.3, -0.25) is 0 Å². The summed E-state index contributed by atoms with van der Waals surface area (Å²) in [6.07, 6.45) is 1.85. The average Bonchev–Trinajstić information content (AvgIpc) is 3.20. The molecule has 0 N–H and O–H groups in total. The smallest absolute Gasteiger partial charge is 0.131 e. The van der Waals surface area contributed by atoms with E-state index in [4.69, 9.17) is 4.98 Å². The third-order valence-electron chi connectivity index (χ3n) is 4.03. The Kier molecular flexibility index (Phi) is 3.57. The van der Waals surface area contributed by atoms with E-state index < -0.39 is 0 Å². The summed E-state index contributed by atoms with van der Waals surface area (Å²) >= 11 is 0. The summed E-state index contributed by atoms with van der Waals surface area (Å²) < 4.78 is 17.0. The lowest BCUT2D eigenvalue weighted by atomic mass is 10.2. The maximum absolute atomic E-state index is 13.0. The van der Waals surface area contributed by atoms with Gasteiger partial charge in [0.05, 0.1) is 17.2 Å². The minimum Gasteiger partial charge on any atom is -0.327 e. The van der Waals surface area contributed by atoms with Crippen molar-refractivity contribution in [1.82, 2.24) is 24.5 Å². The number of nitrogens with zero attached hydrogens (tertiary/aromatic N) is 5. The minimum atomic E-state index is -0.261. The molecule has 0 aliphatic heterocycles. The largest absolute Gasteiger partial charge is 0.327 e. The van der Waals surface area contributed by atoms with E-state index in [2.05, 4.69) is 27.9 Å². The number of para-hydroxylation sites is 2. The predicted molar refractivity (Wildman–Crippen MR) is 89.9 cm³/mol. The van der Waals surface area contributed by atoms with Crippen LogP contribution in [0.15, 0.2) is 54.7 Å². The van der Waals surface area contributed by atoms with Crippen molar-refractivity contribution in [2.24, 2.45) is 0 Å². The Morgan fingerprint density at radius 1 is 1.04 bits per heavy atom. The van der Waals surface area contributed by atoms with E-state index >= 15 is 0 Å². The van der Waals surface area contributed by atoms with Gasteiger partial charge in [-0.25, -0.2) is 14.1 Å². The van der Waals surface area contributed by atoms with Gasteiger partial charge in [-0.15, -0.1) is 5.10 Å². The van der Waals surface area contributed by atoms with Gasteiger partial charge in [-0.1, -0.05) is 17.3 Å². The standard InChI is InChI=1S/C18H16FN5/c1-2-24-17-6-4-3-5-15(17)20-18(24)12-23-11-16(21-22-23)13-7-9-14(19)10-8-13/h3-11H,2,12H2,1H3. The lowest BCUT2D eigenvalue weighted by molar-refractivity contribution is 0.594. The van der Waals surface area contributed by atoms with E-state index in [1.165, 1.54) is 12.1 Å². The first-order valence-electron chi connectivity index (χ1n) is 7.85. The second-order valence-electron chi connectivity index (χ2n) is 5.57. The van der Waals surface area contributed by atoms with Gasteiger partial charge in [0.1, 0.15) is 23.9 Å². The third kappa shape index (κ3) is 2.56. The topological polar surface area (TPSA) is 48.5 Å². The maximum Gasteiger partial charge on any atom is 0.131 e. The second-order valence-corrected chi connectivity index (χ2v) is 5.57. The summed E-state index contributed by atoms with van der Waals surface area (Å²) in [5.41, 5.74) is 3.66. The van der Waals surface area contributed by atoms with Crippen molar-refractivity contribution in [2.45, 2.75) is 20.0 Å². The van der Waals surface area contributed by atoms with Gasteiger partial charge in [-0.2, -0.15) is 0 Å². The molecule has 2 aromatic heterocycles. The average molecular weight is 321 g/mol. The molecule has 0 unspecified atom stereocenters. The fourth-order valence-corrected chi connectivity index (χ4v) is 2.87. The number of rotatable bonds is 4. The van der Waals surface area contributed by atoms with Crippen LogP contribution >= 0.6 is 0 Å². The molecule has 0 spiro atoms. The highest BCUT2D eigenvalue weighted by molar-refractivity contribution is 5.75. The van der Waals surface area contributed by atoms with Gasteiger partial charge >= 0.3 is 0 Å². The van der Waals surface area contributed by atoms with Crippen LogP contribution in [0.3, 0.4) is 0 Å². The second kappa shape index (κ2) is 5.88. The summed E-state index contributed by atoms with van der Waals surface area (Å²) in [6.45, 7) is 3.48. The number of aryl methyl sites for hydroxylation is 1. The zero-order valence-electron chi connectivity index (χ0n) is 13.2. The van der Waals surface area contributed by atoms with Crippen molar-refractivity contribution in [1.29, 1.82) is 0 Å². The molecule has 4 rings (SSSR count). The van der Waals surface area contributed by atoms with Crippen LogP contribution < -0.4 is 0 Å². The van der Waals surface area contributed by atoms with Gasteiger partial charge < -0.3 is 4.57 Å². The number of hydrogen-bond donors (Lipinski definition) is 0. The number of fused-ring (bicyclic) bond motifs is 1. The van der Waals surface area contributed by atoms with Crippen LogP contribution in [0.5, 0.6) is 0 Å². The lowest BCUT2D eigenvalue weighted by Gasteiger charge is -2.05. The van der Waals surface area contributed by atoms with E-state index in [0.29, 0.717) is 12.2 Å². The molecule has 0 amide bonds. The van der Waals surface area contributed by atoms with Crippen molar-refractivity contribution < 1.29 is 4.39 Å². The summed E-state index contributed by atoms with van der Waals surface area (Å²) in [7, 11) is 0. The first-order valence-corrected chi connectivity index (χ1v) is 7.85. The molecular weight excluding hydrogens is 305 g/mol. The first kappa shape index (κ1) is 14.6. The Labute approximate surface area is 138 Å². The molecule has 4 aromatic rings. The van der Waals surface area contributed by atoms with E-state index in [0.717, 1.165) is 29.0 Å². The molecule has 0 bridgehead atoms. The van der Waals surface area contributed by atoms with E-state index in [9.17, 15) is 4.39 Å². The zero-order chi connectivity index (χ0) is 16.5. The fraction of sp³-hybridized carbons (Fsp3) is 0.167. The summed E-state index contributed by atoms with van der Waals surface area (Å²) in [5.74, 6) is 0.678. The van der Waals surface area contributed by atoms with Crippen molar-refractivity contribution in [3.63, 3.8) is 0 Å². The van der Waals surface area contributed by atoms with Crippen LogP contribution in [0.2, 0.25) is 0 Å². The SMILES string of the molecule is CCn1c(Cn2cc(-c3ccc(F)cc3)nn2)nc2ccccc21. The molecule has 0 fully saturated rings. The van der Waals surface area contributed by atoms with E-state index in [-0.39, 0.29) is 5.82 Å². The fourth-order valence-electron chi connectivity index (χ4n) is 2.87. The van der Waals surface area contributed by atoms with E-state index in [1.54, 1.807) is 16.8 Å². The molecule has 0 aliphatic rings. The van der Waals surface area contributed by atoms with Crippen LogP contribution in [0.25, 0.3) is 22.3 Å². The van der Waals surface area contributed by atoms with Gasteiger partial charge in [0.2, 0.25) is 0 Å². The summed E-state index contributed by atoms with van der Waals surface area (Å²) in [4.78, 5) is 4.70. The molecule has 0 radical (unpaired) electrons. The Bertz CT molecular complexity index is 984. The zero-order valence-corrected chi connectivity index (χ0v) is 13.2. The molecular formula is C18H16FN5. The Hall–Kier alpha value is -3.02. The molecule has 5 nitrogen and oxygen atoms in total. The molecule has 0 aliphatic carbocycles. The molecule has 0 atom stereocenters. The highest BCUT2D eigenvalue weighted by Crippen LogP contribution is 2.19. The molecule has 2 aromatic carbocycles. The maximum atomic E-state index is 13.0. The minimum absolute atomic E-state index is 0.261. The Morgan fingerprint density at radius 2 is 1.83 bits per heavy atom. The Morgan fingerprint density at radius 3 is 2.62 bits per heavy atom. The van der Waals surface area contributed by atoms with Crippen molar-refractivity contribution in [2.75, 3.05) is 0 Å². The number of halogens is 1. The first-order chi connectivity index (χ1) is 11.7. The van der Waals surface area contributed by atoms with Crippen molar-refractivity contribution in [3.05, 3.63) is 66.4 Å². The predicted octanol–water partition coefficient (Wildman–Crippen LogP) is 3.50. The molecule has 6 heteroatoms. The van der Waals surface area contributed by atoms with Crippen molar-refractivity contribution in [3.8, 4) is 11.3 Å². The lowest BCUT2D eigenvalue weighted by Crippen LogP contribution is -2.08. The Balaban J connectivity index is 1.66. The molecule has 24 heavy (non-hydrogen) atoms. The molecule has 120 valence electrons. The number of benzene rings is 2. The molecule has 2 heterocycles. The van der Waals surface area contributed by atoms with E-state index in [1.807, 2.05) is 24.4 Å². The molecule has 0 saturated heterocycles. The van der Waals surface area contributed by atoms with Gasteiger partial charge in [-0.05, 0) is 43.3 Å². The number of aromatic nitrogens is 5. The normalized spacial score (nSPS) is 11.2. The van der Waals surface area contributed by atoms with Gasteiger partial charge in [0.15, 0.2) is 0 Å². The monoisotopic (exact) mass is 321 g/mol. The van der Waals surface area contributed by atoms with Crippen LogP contribution in [0.4, 0.5) is 4.39 Å².